The first kappa shape index (κ1) is 10.2. The second-order valence-corrected chi connectivity index (χ2v) is 2.83. The Labute approximate surface area is 77.0 Å². The molecule has 0 saturated carbocycles. The summed E-state index contributed by atoms with van der Waals surface area (Å²) < 4.78 is 18.0. The summed E-state index contributed by atoms with van der Waals surface area (Å²) in [4.78, 5) is 0. The van der Waals surface area contributed by atoms with Gasteiger partial charge in [-0.15, -0.1) is 0 Å². The summed E-state index contributed by atoms with van der Waals surface area (Å²) in [7, 11) is 1.53. The number of rotatable bonds is 4. The van der Waals surface area contributed by atoms with Gasteiger partial charge in [-0.1, -0.05) is 12.1 Å². The zero-order valence-corrected chi connectivity index (χ0v) is 7.59. The monoisotopic (exact) mass is 184 g/mol. The predicted molar refractivity (Wildman–Crippen MR) is 47.9 cm³/mol. The number of hydrogen-bond donors (Lipinski definition) is 1. The van der Waals surface area contributed by atoms with E-state index in [2.05, 4.69) is 0 Å². The van der Waals surface area contributed by atoms with Gasteiger partial charge in [0.25, 0.3) is 0 Å². The van der Waals surface area contributed by atoms with Crippen LogP contribution in [0, 0.1) is 5.82 Å². The van der Waals surface area contributed by atoms with Crippen molar-refractivity contribution in [3.05, 3.63) is 35.1 Å². The summed E-state index contributed by atoms with van der Waals surface area (Å²) in [5.74, 6) is -0.271. The highest BCUT2D eigenvalue weighted by atomic mass is 19.1. The first-order valence-electron chi connectivity index (χ1n) is 4.15. The minimum Gasteiger partial charge on any atom is -0.396 e. The van der Waals surface area contributed by atoms with Crippen molar-refractivity contribution in [1.29, 1.82) is 0 Å². The molecule has 0 spiro atoms. The van der Waals surface area contributed by atoms with Crippen LogP contribution in [0.5, 0.6) is 0 Å². The maximum atomic E-state index is 13.2. The summed E-state index contributed by atoms with van der Waals surface area (Å²) in [6.45, 7) is 0.328. The average molecular weight is 184 g/mol. The summed E-state index contributed by atoms with van der Waals surface area (Å²) in [5.41, 5.74) is 1.35. The van der Waals surface area contributed by atoms with Gasteiger partial charge in [-0.2, -0.15) is 0 Å². The van der Waals surface area contributed by atoms with E-state index in [9.17, 15) is 4.39 Å². The topological polar surface area (TPSA) is 29.5 Å². The van der Waals surface area contributed by atoms with Crippen LogP contribution in [-0.4, -0.2) is 18.8 Å². The summed E-state index contributed by atoms with van der Waals surface area (Å²) in [6.07, 6.45) is 0.490. The molecule has 0 aromatic heterocycles. The van der Waals surface area contributed by atoms with Crippen LogP contribution in [0.25, 0.3) is 0 Å². The fourth-order valence-electron chi connectivity index (χ4n) is 1.15. The Balaban J connectivity index is 2.79. The number of benzene rings is 1. The molecule has 0 saturated heterocycles. The average Bonchev–Trinajstić information content (AvgIpc) is 2.10. The van der Waals surface area contributed by atoms with E-state index >= 15 is 0 Å². The molecule has 0 aliphatic heterocycles. The third kappa shape index (κ3) is 2.79. The van der Waals surface area contributed by atoms with Gasteiger partial charge in [0.05, 0.1) is 6.61 Å². The van der Waals surface area contributed by atoms with Crippen molar-refractivity contribution in [1.82, 2.24) is 0 Å². The molecular weight excluding hydrogens is 171 g/mol. The molecule has 0 radical (unpaired) electrons. The summed E-state index contributed by atoms with van der Waals surface area (Å²) in [5, 5.41) is 8.64. The second-order valence-electron chi connectivity index (χ2n) is 2.83. The van der Waals surface area contributed by atoms with Gasteiger partial charge >= 0.3 is 0 Å². The lowest BCUT2D eigenvalue weighted by Gasteiger charge is -2.03. The van der Waals surface area contributed by atoms with Crippen molar-refractivity contribution >= 4 is 0 Å². The van der Waals surface area contributed by atoms with Crippen LogP contribution in [-0.2, 0) is 17.8 Å². The Hall–Kier alpha value is -0.930. The highest BCUT2D eigenvalue weighted by Gasteiger charge is 2.02. The molecule has 2 nitrogen and oxygen atoms in total. The highest BCUT2D eigenvalue weighted by molar-refractivity contribution is 5.24. The van der Waals surface area contributed by atoms with Gasteiger partial charge in [0.15, 0.2) is 0 Å². The normalized spacial score (nSPS) is 10.4. The second kappa shape index (κ2) is 4.94. The quantitative estimate of drug-likeness (QED) is 0.768. The van der Waals surface area contributed by atoms with Gasteiger partial charge in [-0.25, -0.2) is 4.39 Å². The number of aliphatic hydroxyl groups is 1. The summed E-state index contributed by atoms with van der Waals surface area (Å²) >= 11 is 0. The van der Waals surface area contributed by atoms with Crippen LogP contribution >= 0.6 is 0 Å². The zero-order chi connectivity index (χ0) is 9.68. The van der Waals surface area contributed by atoms with E-state index in [1.54, 1.807) is 12.1 Å². The van der Waals surface area contributed by atoms with Gasteiger partial charge in [-0.3, -0.25) is 0 Å². The van der Waals surface area contributed by atoms with Gasteiger partial charge in [0.1, 0.15) is 5.82 Å². The Morgan fingerprint density at radius 2 is 2.23 bits per heavy atom. The van der Waals surface area contributed by atoms with Crippen molar-refractivity contribution in [2.75, 3.05) is 13.7 Å². The molecule has 0 aliphatic rings. The molecule has 0 unspecified atom stereocenters. The molecule has 3 heteroatoms. The van der Waals surface area contributed by atoms with E-state index in [-0.39, 0.29) is 19.0 Å². The number of hydrogen-bond acceptors (Lipinski definition) is 2. The van der Waals surface area contributed by atoms with Crippen LogP contribution in [0.15, 0.2) is 18.2 Å². The molecule has 0 heterocycles. The largest absolute Gasteiger partial charge is 0.396 e. The van der Waals surface area contributed by atoms with Crippen molar-refractivity contribution in [2.24, 2.45) is 0 Å². The molecule has 0 fully saturated rings. The molecule has 13 heavy (non-hydrogen) atoms. The summed E-state index contributed by atoms with van der Waals surface area (Å²) in [6, 6.07) is 4.92. The van der Waals surface area contributed by atoms with E-state index in [0.29, 0.717) is 12.0 Å². The lowest BCUT2D eigenvalue weighted by molar-refractivity contribution is 0.181. The van der Waals surface area contributed by atoms with Gasteiger partial charge in [0.2, 0.25) is 0 Å². The molecule has 1 aromatic rings. The number of halogens is 1. The molecule has 72 valence electrons. The molecule has 0 atom stereocenters. The Kier molecular flexibility index (Phi) is 3.86. The zero-order valence-electron chi connectivity index (χ0n) is 7.59. The number of ether oxygens (including phenoxy) is 1. The standard InChI is InChI=1S/C10H13FO2/c1-13-7-9-3-2-8(4-5-12)6-10(9)11/h2-3,6,12H,4-5,7H2,1H3. The van der Waals surface area contributed by atoms with Gasteiger partial charge in [-0.05, 0) is 18.1 Å². The third-order valence-corrected chi connectivity index (χ3v) is 1.82. The van der Waals surface area contributed by atoms with E-state index in [1.165, 1.54) is 13.2 Å². The van der Waals surface area contributed by atoms with Crippen molar-refractivity contribution in [3.8, 4) is 0 Å². The molecule has 0 amide bonds. The van der Waals surface area contributed by atoms with Crippen molar-refractivity contribution in [3.63, 3.8) is 0 Å². The Morgan fingerprint density at radius 1 is 1.46 bits per heavy atom. The fourth-order valence-corrected chi connectivity index (χ4v) is 1.15. The Morgan fingerprint density at radius 3 is 2.77 bits per heavy atom. The SMILES string of the molecule is COCc1ccc(CCO)cc1F. The first-order chi connectivity index (χ1) is 6.27. The van der Waals surface area contributed by atoms with E-state index in [4.69, 9.17) is 9.84 Å². The molecule has 1 N–H and O–H groups in total. The van der Waals surface area contributed by atoms with Crippen molar-refractivity contribution < 1.29 is 14.2 Å². The van der Waals surface area contributed by atoms with Gasteiger partial charge in [0, 0.05) is 19.3 Å². The third-order valence-electron chi connectivity index (χ3n) is 1.82. The predicted octanol–water partition coefficient (Wildman–Crippen LogP) is 1.51. The van der Waals surface area contributed by atoms with Crippen LogP contribution < -0.4 is 0 Å². The lowest BCUT2D eigenvalue weighted by atomic mass is 10.1. The van der Waals surface area contributed by atoms with Crippen LogP contribution in [0.4, 0.5) is 4.39 Å². The van der Waals surface area contributed by atoms with Crippen LogP contribution in [0.1, 0.15) is 11.1 Å². The molecular formula is C10H13FO2. The minimum atomic E-state index is -0.271. The highest BCUT2D eigenvalue weighted by Crippen LogP contribution is 2.11. The van der Waals surface area contributed by atoms with Crippen LogP contribution in [0.3, 0.4) is 0 Å². The molecule has 0 bridgehead atoms. The molecule has 1 rings (SSSR count). The van der Waals surface area contributed by atoms with E-state index in [1.807, 2.05) is 0 Å². The molecule has 0 aliphatic carbocycles. The number of aliphatic hydroxyl groups excluding tert-OH is 1. The van der Waals surface area contributed by atoms with E-state index < -0.39 is 0 Å². The van der Waals surface area contributed by atoms with Crippen LogP contribution in [0.2, 0.25) is 0 Å². The first-order valence-corrected chi connectivity index (χ1v) is 4.15. The lowest BCUT2D eigenvalue weighted by Crippen LogP contribution is -1.96. The maximum absolute atomic E-state index is 13.2. The maximum Gasteiger partial charge on any atom is 0.128 e. The van der Waals surface area contributed by atoms with Crippen molar-refractivity contribution in [2.45, 2.75) is 13.0 Å². The minimum absolute atomic E-state index is 0.0447. The fraction of sp³-hybridized carbons (Fsp3) is 0.400. The van der Waals surface area contributed by atoms with Gasteiger partial charge < -0.3 is 9.84 Å². The van der Waals surface area contributed by atoms with E-state index in [0.717, 1.165) is 5.56 Å². The Bertz CT molecular complexity index is 274. The number of methoxy groups -OCH3 is 1. The molecule has 1 aromatic carbocycles. The smallest absolute Gasteiger partial charge is 0.128 e.